The van der Waals surface area contributed by atoms with Crippen molar-refractivity contribution in [3.63, 3.8) is 0 Å². The molecule has 70 valence electrons. The molecule has 2 heteroatoms. The van der Waals surface area contributed by atoms with Gasteiger partial charge in [-0.15, -0.1) is 0 Å². The number of hydrogen-bond acceptors (Lipinski definition) is 1. The van der Waals surface area contributed by atoms with Gasteiger partial charge < -0.3 is 0 Å². The van der Waals surface area contributed by atoms with Crippen molar-refractivity contribution in [2.24, 2.45) is 5.92 Å². The van der Waals surface area contributed by atoms with E-state index in [0.717, 1.165) is 12.2 Å². The van der Waals surface area contributed by atoms with Gasteiger partial charge in [-0.1, -0.05) is 32.8 Å². The van der Waals surface area contributed by atoms with Gasteiger partial charge >= 0.3 is 0 Å². The smallest absolute Gasteiger partial charge is 0.0490 e. The van der Waals surface area contributed by atoms with Gasteiger partial charge in [-0.2, -0.15) is 0 Å². The standard InChI is InChI=1S/C10H18OS/c1-3-4-5-6-10-7-9(2)8-12(10)11/h7,9H,3-6,8H2,1-2H3. The highest BCUT2D eigenvalue weighted by Gasteiger charge is 2.18. The van der Waals surface area contributed by atoms with Crippen molar-refractivity contribution in [1.29, 1.82) is 0 Å². The zero-order chi connectivity index (χ0) is 8.97. The predicted molar refractivity (Wildman–Crippen MR) is 54.4 cm³/mol. The minimum Gasteiger partial charge on any atom is -0.255 e. The van der Waals surface area contributed by atoms with Gasteiger partial charge in [0.05, 0.1) is 0 Å². The van der Waals surface area contributed by atoms with Crippen molar-refractivity contribution >= 4 is 10.8 Å². The molecular weight excluding hydrogens is 168 g/mol. The fourth-order valence-electron chi connectivity index (χ4n) is 1.53. The molecule has 12 heavy (non-hydrogen) atoms. The number of hydrogen-bond donors (Lipinski definition) is 0. The van der Waals surface area contributed by atoms with Crippen LogP contribution < -0.4 is 0 Å². The summed E-state index contributed by atoms with van der Waals surface area (Å²) in [5.74, 6) is 1.41. The molecule has 0 bridgehead atoms. The van der Waals surface area contributed by atoms with Crippen molar-refractivity contribution < 1.29 is 4.21 Å². The van der Waals surface area contributed by atoms with Gasteiger partial charge in [-0.05, 0) is 18.8 Å². The lowest BCUT2D eigenvalue weighted by atomic mass is 10.1. The van der Waals surface area contributed by atoms with E-state index in [0.29, 0.717) is 5.92 Å². The van der Waals surface area contributed by atoms with Gasteiger partial charge in [0, 0.05) is 21.5 Å². The minimum absolute atomic E-state index is 0.544. The number of unbranched alkanes of at least 4 members (excludes halogenated alkanes) is 2. The Hall–Kier alpha value is -0.110. The second-order valence-corrected chi connectivity index (χ2v) is 5.13. The Kier molecular flexibility index (Phi) is 3.99. The quantitative estimate of drug-likeness (QED) is 0.617. The molecule has 2 unspecified atom stereocenters. The van der Waals surface area contributed by atoms with Crippen LogP contribution in [0.2, 0.25) is 0 Å². The van der Waals surface area contributed by atoms with Gasteiger partial charge in [-0.25, -0.2) is 0 Å². The highest BCUT2D eigenvalue weighted by Crippen LogP contribution is 2.23. The van der Waals surface area contributed by atoms with Crippen LogP contribution in [0.5, 0.6) is 0 Å². The first-order valence-corrected chi connectivity index (χ1v) is 6.15. The molecule has 0 saturated heterocycles. The first-order valence-electron chi connectivity index (χ1n) is 4.83. The Morgan fingerprint density at radius 2 is 2.33 bits per heavy atom. The van der Waals surface area contributed by atoms with Crippen LogP contribution in [0.3, 0.4) is 0 Å². The molecule has 1 nitrogen and oxygen atoms in total. The van der Waals surface area contributed by atoms with Crippen LogP contribution in [0.25, 0.3) is 0 Å². The Bertz CT molecular complexity index is 196. The Morgan fingerprint density at radius 1 is 1.58 bits per heavy atom. The van der Waals surface area contributed by atoms with E-state index in [2.05, 4.69) is 19.9 Å². The van der Waals surface area contributed by atoms with Gasteiger partial charge in [0.2, 0.25) is 0 Å². The first kappa shape index (κ1) is 9.97. The highest BCUT2D eigenvalue weighted by molar-refractivity contribution is 7.89. The lowest BCUT2D eigenvalue weighted by Crippen LogP contribution is -1.96. The minimum atomic E-state index is -0.633. The maximum absolute atomic E-state index is 11.4. The molecule has 1 heterocycles. The molecule has 0 saturated carbocycles. The summed E-state index contributed by atoms with van der Waals surface area (Å²) in [5, 5.41) is 0. The molecule has 0 aliphatic carbocycles. The molecule has 0 fully saturated rings. The molecule has 0 amide bonds. The van der Waals surface area contributed by atoms with Gasteiger partial charge in [-0.3, -0.25) is 4.21 Å². The Labute approximate surface area is 77.7 Å². The van der Waals surface area contributed by atoms with Crippen LogP contribution in [0, 0.1) is 5.92 Å². The third kappa shape index (κ3) is 2.74. The van der Waals surface area contributed by atoms with E-state index in [1.807, 2.05) is 0 Å². The van der Waals surface area contributed by atoms with Gasteiger partial charge in [0.1, 0.15) is 0 Å². The van der Waals surface area contributed by atoms with Crippen LogP contribution >= 0.6 is 0 Å². The fraction of sp³-hybridized carbons (Fsp3) is 0.800. The number of rotatable bonds is 4. The predicted octanol–water partition coefficient (Wildman–Crippen LogP) is 2.85. The molecule has 0 radical (unpaired) electrons. The van der Waals surface area contributed by atoms with Crippen LogP contribution in [0.15, 0.2) is 11.0 Å². The van der Waals surface area contributed by atoms with Crippen molar-refractivity contribution in [2.75, 3.05) is 5.75 Å². The summed E-state index contributed by atoms with van der Waals surface area (Å²) in [6.45, 7) is 4.34. The van der Waals surface area contributed by atoms with Crippen LogP contribution in [-0.2, 0) is 10.8 Å². The third-order valence-electron chi connectivity index (χ3n) is 2.20. The summed E-state index contributed by atoms with van der Waals surface area (Å²) in [6.07, 6.45) is 6.98. The van der Waals surface area contributed by atoms with Crippen LogP contribution in [0.1, 0.15) is 39.5 Å². The summed E-state index contributed by atoms with van der Waals surface area (Å²) in [5.41, 5.74) is 0. The molecule has 0 N–H and O–H groups in total. The average molecular weight is 186 g/mol. The summed E-state index contributed by atoms with van der Waals surface area (Å²) in [7, 11) is -0.633. The zero-order valence-electron chi connectivity index (χ0n) is 8.01. The van der Waals surface area contributed by atoms with Crippen LogP contribution in [0.4, 0.5) is 0 Å². The molecule has 0 spiro atoms. The van der Waals surface area contributed by atoms with E-state index in [1.165, 1.54) is 24.2 Å². The fourth-order valence-corrected chi connectivity index (χ4v) is 3.08. The molecule has 1 rings (SSSR count). The highest BCUT2D eigenvalue weighted by atomic mass is 32.2. The molecule has 1 aliphatic heterocycles. The van der Waals surface area contributed by atoms with E-state index >= 15 is 0 Å². The van der Waals surface area contributed by atoms with Gasteiger partial charge in [0.15, 0.2) is 0 Å². The van der Waals surface area contributed by atoms with E-state index < -0.39 is 10.8 Å². The second-order valence-electron chi connectivity index (χ2n) is 3.58. The normalized spacial score (nSPS) is 29.0. The maximum Gasteiger partial charge on any atom is 0.0490 e. The lowest BCUT2D eigenvalue weighted by Gasteiger charge is -1.98. The zero-order valence-corrected chi connectivity index (χ0v) is 8.82. The van der Waals surface area contributed by atoms with Crippen molar-refractivity contribution in [2.45, 2.75) is 39.5 Å². The number of allylic oxidation sites excluding steroid dienone is 2. The van der Waals surface area contributed by atoms with E-state index in [-0.39, 0.29) is 0 Å². The first-order chi connectivity index (χ1) is 5.74. The summed E-state index contributed by atoms with van der Waals surface area (Å²) in [6, 6.07) is 0. The van der Waals surface area contributed by atoms with Gasteiger partial charge in [0.25, 0.3) is 0 Å². The summed E-state index contributed by atoms with van der Waals surface area (Å²) >= 11 is 0. The van der Waals surface area contributed by atoms with Crippen molar-refractivity contribution in [3.05, 3.63) is 11.0 Å². The average Bonchev–Trinajstić information content (AvgIpc) is 2.31. The molecule has 1 aliphatic rings. The van der Waals surface area contributed by atoms with E-state index in [9.17, 15) is 4.21 Å². The Morgan fingerprint density at radius 3 is 2.83 bits per heavy atom. The molecular formula is C10H18OS. The largest absolute Gasteiger partial charge is 0.255 e. The Balaban J connectivity index is 2.31. The molecule has 0 aromatic carbocycles. The SMILES string of the molecule is CCCCCC1=CC(C)CS1=O. The topological polar surface area (TPSA) is 17.1 Å². The molecule has 2 atom stereocenters. The second kappa shape index (κ2) is 4.80. The van der Waals surface area contributed by atoms with E-state index in [4.69, 9.17) is 0 Å². The van der Waals surface area contributed by atoms with E-state index in [1.54, 1.807) is 0 Å². The lowest BCUT2D eigenvalue weighted by molar-refractivity contribution is 0.680. The maximum atomic E-state index is 11.4. The third-order valence-corrected chi connectivity index (χ3v) is 3.96. The summed E-state index contributed by atoms with van der Waals surface area (Å²) in [4.78, 5) is 1.20. The summed E-state index contributed by atoms with van der Waals surface area (Å²) < 4.78 is 11.4. The van der Waals surface area contributed by atoms with Crippen LogP contribution in [-0.4, -0.2) is 9.96 Å². The monoisotopic (exact) mass is 186 g/mol. The molecule has 0 aromatic rings. The van der Waals surface area contributed by atoms with Crippen molar-refractivity contribution in [3.8, 4) is 0 Å². The van der Waals surface area contributed by atoms with Crippen molar-refractivity contribution in [1.82, 2.24) is 0 Å². The molecule has 0 aromatic heterocycles.